The summed E-state index contributed by atoms with van der Waals surface area (Å²) in [5.41, 5.74) is 0. The summed E-state index contributed by atoms with van der Waals surface area (Å²) in [6.07, 6.45) is -0.454. The van der Waals surface area contributed by atoms with Gasteiger partial charge in [0.25, 0.3) is 0 Å². The second kappa shape index (κ2) is 3.86. The maximum Gasteiger partial charge on any atom is 0.420 e. The second-order valence-electron chi connectivity index (χ2n) is 1.04. The molecule has 0 aromatic rings. The molecule has 0 bridgehead atoms. The molecule has 0 aromatic heterocycles. The number of carbonyl (C=O) groups excluding carboxylic acids is 1. The Balaban J connectivity index is 3.46. The van der Waals surface area contributed by atoms with Crippen molar-refractivity contribution in [1.29, 1.82) is 0 Å². The summed E-state index contributed by atoms with van der Waals surface area (Å²) in [5, 5.41) is 0. The van der Waals surface area contributed by atoms with E-state index in [1.54, 1.807) is 0 Å². The van der Waals surface area contributed by atoms with Crippen LogP contribution in [0.3, 0.4) is 0 Å². The van der Waals surface area contributed by atoms with E-state index >= 15 is 0 Å². The first-order chi connectivity index (χ1) is 3.72. The number of rotatable bonds is 1. The molecule has 0 aliphatic carbocycles. The summed E-state index contributed by atoms with van der Waals surface area (Å²) in [7, 11) is 7.98. The number of methoxy groups -OCH3 is 1. The molecule has 48 valence electrons. The van der Waals surface area contributed by atoms with Gasteiger partial charge in [0, 0.05) is 7.05 Å². The van der Waals surface area contributed by atoms with Crippen LogP contribution < -0.4 is 0 Å². The number of amides is 1. The summed E-state index contributed by atoms with van der Waals surface area (Å²) >= 11 is 0.788. The first-order valence-corrected chi connectivity index (χ1v) is 3.42. The summed E-state index contributed by atoms with van der Waals surface area (Å²) in [6.45, 7) is 0. The topological polar surface area (TPSA) is 29.5 Å². The first-order valence-electron chi connectivity index (χ1n) is 1.82. The average molecular weight is 156 g/mol. The fourth-order valence-corrected chi connectivity index (χ4v) is 0.457. The molecule has 8 heavy (non-hydrogen) atoms. The summed E-state index contributed by atoms with van der Waals surface area (Å²) < 4.78 is 5.45. The van der Waals surface area contributed by atoms with Gasteiger partial charge in [-0.1, -0.05) is 0 Å². The molecule has 0 atom stereocenters. The van der Waals surface area contributed by atoms with Crippen LogP contribution in [0.5, 0.6) is 0 Å². The van der Waals surface area contributed by atoms with Gasteiger partial charge in [0.15, 0.2) is 0 Å². The molecule has 0 heterocycles. The third-order valence-electron chi connectivity index (χ3n) is 0.535. The lowest BCUT2D eigenvalue weighted by atomic mass is 11.1. The monoisotopic (exact) mass is 155 g/mol. The minimum atomic E-state index is -0.454. The zero-order valence-electron chi connectivity index (χ0n) is 4.55. The van der Waals surface area contributed by atoms with Crippen LogP contribution >= 0.6 is 21.8 Å². The van der Waals surface area contributed by atoms with Crippen molar-refractivity contribution in [2.24, 2.45) is 0 Å². The van der Waals surface area contributed by atoms with E-state index in [-0.39, 0.29) is 0 Å². The van der Waals surface area contributed by atoms with Crippen LogP contribution in [0.25, 0.3) is 0 Å². The number of carbonyl (C=O) groups is 1. The number of ether oxygens (including phenoxy) is 1. The van der Waals surface area contributed by atoms with E-state index in [2.05, 4.69) is 4.74 Å². The Morgan fingerprint density at radius 1 is 1.88 bits per heavy atom. The summed E-state index contributed by atoms with van der Waals surface area (Å²) in [5.74, 6) is 0. The molecule has 0 fully saturated rings. The Morgan fingerprint density at radius 3 is 2.50 bits per heavy atom. The van der Waals surface area contributed by atoms with Gasteiger partial charge in [-0.2, -0.15) is 0 Å². The second-order valence-corrected chi connectivity index (χ2v) is 2.14. The number of halogens is 1. The van der Waals surface area contributed by atoms with Crippen LogP contribution in [0.4, 0.5) is 4.79 Å². The quantitative estimate of drug-likeness (QED) is 0.538. The molecule has 0 saturated heterocycles. The van der Waals surface area contributed by atoms with E-state index < -0.39 is 6.09 Å². The highest BCUT2D eigenvalue weighted by Crippen LogP contribution is 2.11. The van der Waals surface area contributed by atoms with Crippen molar-refractivity contribution >= 4 is 27.9 Å². The lowest BCUT2D eigenvalue weighted by molar-refractivity contribution is 0.157. The van der Waals surface area contributed by atoms with Gasteiger partial charge in [0.2, 0.25) is 0 Å². The van der Waals surface area contributed by atoms with Crippen molar-refractivity contribution in [1.82, 2.24) is 4.31 Å². The van der Waals surface area contributed by atoms with E-state index in [9.17, 15) is 4.79 Å². The predicted molar refractivity (Wildman–Crippen MR) is 33.6 cm³/mol. The van der Waals surface area contributed by atoms with E-state index in [1.165, 1.54) is 18.5 Å². The van der Waals surface area contributed by atoms with Gasteiger partial charge in [0.05, 0.1) is 18.3 Å². The maximum absolute atomic E-state index is 10.3. The fraction of sp³-hybridized carbons (Fsp3) is 0.667. The Kier molecular flexibility index (Phi) is 3.81. The standard InChI is InChI=1S/C3H6ClNO2S/c1-5(8-4)3(6)7-2/h1-2H3. The smallest absolute Gasteiger partial charge is 0.420 e. The zero-order chi connectivity index (χ0) is 6.57. The van der Waals surface area contributed by atoms with Crippen LogP contribution in [0, 0.1) is 0 Å². The minimum absolute atomic E-state index is 0.454. The number of hydrogen-bond donors (Lipinski definition) is 0. The van der Waals surface area contributed by atoms with E-state index in [1.807, 2.05) is 0 Å². The minimum Gasteiger partial charge on any atom is -0.452 e. The Morgan fingerprint density at radius 2 is 2.38 bits per heavy atom. The fourth-order valence-electron chi connectivity index (χ4n) is 0.157. The molecule has 0 rings (SSSR count). The predicted octanol–water partition coefficient (Wildman–Crippen LogP) is 1.49. The third kappa shape index (κ3) is 2.28. The molecule has 0 aliphatic heterocycles. The van der Waals surface area contributed by atoms with Gasteiger partial charge >= 0.3 is 6.09 Å². The molecule has 0 N–H and O–H groups in total. The highest BCUT2D eigenvalue weighted by molar-refractivity contribution is 8.19. The van der Waals surface area contributed by atoms with Gasteiger partial charge in [-0.15, -0.1) is 0 Å². The summed E-state index contributed by atoms with van der Waals surface area (Å²) in [6, 6.07) is 0. The molecule has 0 radical (unpaired) electrons. The molecule has 0 aliphatic rings. The summed E-state index contributed by atoms with van der Waals surface area (Å²) in [4.78, 5) is 10.3. The molecule has 1 amide bonds. The molecule has 0 saturated carbocycles. The molecular formula is C3H6ClNO2S. The molecule has 0 spiro atoms. The van der Waals surface area contributed by atoms with Crippen LogP contribution in [-0.4, -0.2) is 24.6 Å². The van der Waals surface area contributed by atoms with Crippen molar-refractivity contribution in [2.75, 3.05) is 14.2 Å². The van der Waals surface area contributed by atoms with Crippen molar-refractivity contribution in [3.8, 4) is 0 Å². The van der Waals surface area contributed by atoms with E-state index in [4.69, 9.17) is 10.7 Å². The average Bonchev–Trinajstić information content (AvgIpc) is 1.84. The third-order valence-corrected chi connectivity index (χ3v) is 1.51. The molecule has 0 unspecified atom stereocenters. The van der Waals surface area contributed by atoms with Crippen LogP contribution in [0.15, 0.2) is 0 Å². The van der Waals surface area contributed by atoms with Gasteiger partial charge in [-0.3, -0.25) is 0 Å². The van der Waals surface area contributed by atoms with Crippen LogP contribution in [0.2, 0.25) is 0 Å². The number of nitrogens with zero attached hydrogens (tertiary/aromatic N) is 1. The van der Waals surface area contributed by atoms with E-state index in [0.29, 0.717) is 0 Å². The van der Waals surface area contributed by atoms with Crippen molar-refractivity contribution in [3.63, 3.8) is 0 Å². The molecular weight excluding hydrogens is 150 g/mol. The highest BCUT2D eigenvalue weighted by atomic mass is 35.7. The molecule has 5 heteroatoms. The van der Waals surface area contributed by atoms with Gasteiger partial charge in [-0.05, 0) is 10.7 Å². The number of hydrogen-bond acceptors (Lipinski definition) is 3. The van der Waals surface area contributed by atoms with Crippen molar-refractivity contribution < 1.29 is 9.53 Å². The molecule has 3 nitrogen and oxygen atoms in total. The van der Waals surface area contributed by atoms with Crippen molar-refractivity contribution in [2.45, 2.75) is 0 Å². The lowest BCUT2D eigenvalue weighted by Crippen LogP contribution is -2.17. The van der Waals surface area contributed by atoms with Gasteiger partial charge in [-0.25, -0.2) is 9.10 Å². The molecule has 0 aromatic carbocycles. The van der Waals surface area contributed by atoms with Crippen LogP contribution in [-0.2, 0) is 4.74 Å². The van der Waals surface area contributed by atoms with Gasteiger partial charge < -0.3 is 4.74 Å². The zero-order valence-corrected chi connectivity index (χ0v) is 6.12. The largest absolute Gasteiger partial charge is 0.452 e. The SMILES string of the molecule is COC(=O)N(C)SCl. The maximum atomic E-state index is 10.3. The Hall–Kier alpha value is -0.0900. The Bertz CT molecular complexity index is 89.4. The van der Waals surface area contributed by atoms with Crippen LogP contribution in [0.1, 0.15) is 0 Å². The van der Waals surface area contributed by atoms with E-state index in [0.717, 1.165) is 11.2 Å². The normalized spacial score (nSPS) is 8.38. The van der Waals surface area contributed by atoms with Crippen molar-refractivity contribution in [3.05, 3.63) is 0 Å². The lowest BCUT2D eigenvalue weighted by Gasteiger charge is -2.07. The first kappa shape index (κ1) is 7.91. The Labute approximate surface area is 56.6 Å². The van der Waals surface area contributed by atoms with Gasteiger partial charge in [0.1, 0.15) is 0 Å². The highest BCUT2D eigenvalue weighted by Gasteiger charge is 2.04.